The van der Waals surface area contributed by atoms with Gasteiger partial charge < -0.3 is 10.6 Å². The highest BCUT2D eigenvalue weighted by molar-refractivity contribution is 7.91. The van der Waals surface area contributed by atoms with E-state index in [0.717, 1.165) is 4.88 Å². The maximum Gasteiger partial charge on any atom is 0.222 e. The van der Waals surface area contributed by atoms with E-state index < -0.39 is 9.84 Å². The van der Waals surface area contributed by atoms with Crippen LogP contribution in [-0.2, 0) is 14.6 Å². The van der Waals surface area contributed by atoms with E-state index >= 15 is 0 Å². The van der Waals surface area contributed by atoms with Gasteiger partial charge >= 0.3 is 0 Å². The Hall–Kier alpha value is -0.920. The summed E-state index contributed by atoms with van der Waals surface area (Å²) in [6.45, 7) is 2.36. The topological polar surface area (TPSA) is 75.3 Å². The molecule has 1 aromatic rings. The number of hydrogen-bond donors (Lipinski definition) is 2. The average molecular weight is 302 g/mol. The van der Waals surface area contributed by atoms with E-state index in [4.69, 9.17) is 0 Å². The molecule has 1 aromatic heterocycles. The summed E-state index contributed by atoms with van der Waals surface area (Å²) in [5.41, 5.74) is 0. The molecule has 0 aliphatic carbocycles. The first-order valence-corrected chi connectivity index (χ1v) is 8.93. The Kier molecular flexibility index (Phi) is 4.59. The van der Waals surface area contributed by atoms with Crippen LogP contribution in [0, 0.1) is 0 Å². The van der Waals surface area contributed by atoms with Crippen molar-refractivity contribution in [3.05, 3.63) is 22.4 Å². The van der Waals surface area contributed by atoms with Gasteiger partial charge in [0.15, 0.2) is 9.84 Å². The lowest BCUT2D eigenvalue weighted by atomic mass is 10.2. The van der Waals surface area contributed by atoms with Crippen LogP contribution in [0.1, 0.15) is 24.3 Å². The summed E-state index contributed by atoms with van der Waals surface area (Å²) in [5.74, 6) is 0.0975. The van der Waals surface area contributed by atoms with Crippen molar-refractivity contribution in [2.75, 3.05) is 18.1 Å². The van der Waals surface area contributed by atoms with Crippen LogP contribution in [0.4, 0.5) is 0 Å². The molecule has 2 rings (SSSR count). The highest BCUT2D eigenvalue weighted by Crippen LogP contribution is 2.18. The van der Waals surface area contributed by atoms with Crippen molar-refractivity contribution >= 4 is 27.1 Å². The predicted molar refractivity (Wildman–Crippen MR) is 75.9 cm³/mol. The SMILES string of the molecule is CC(NC(=O)CC1CS(=O)(=O)CCN1)c1cccs1. The molecule has 19 heavy (non-hydrogen) atoms. The number of nitrogens with one attached hydrogen (secondary N) is 2. The first-order chi connectivity index (χ1) is 8.96. The zero-order valence-electron chi connectivity index (χ0n) is 10.8. The molecule has 1 amide bonds. The van der Waals surface area contributed by atoms with Crippen molar-refractivity contribution in [2.45, 2.75) is 25.4 Å². The van der Waals surface area contributed by atoms with Crippen LogP contribution in [0.3, 0.4) is 0 Å². The van der Waals surface area contributed by atoms with Gasteiger partial charge in [-0.25, -0.2) is 8.42 Å². The Morgan fingerprint density at radius 3 is 3.05 bits per heavy atom. The third-order valence-corrected chi connectivity index (χ3v) is 5.87. The molecular weight excluding hydrogens is 284 g/mol. The fourth-order valence-corrected chi connectivity index (χ4v) is 4.31. The summed E-state index contributed by atoms with van der Waals surface area (Å²) in [7, 11) is -2.99. The maximum atomic E-state index is 11.9. The van der Waals surface area contributed by atoms with Crippen LogP contribution in [0.5, 0.6) is 0 Å². The first kappa shape index (κ1) is 14.5. The fraction of sp³-hybridized carbons (Fsp3) is 0.583. The van der Waals surface area contributed by atoms with Gasteiger partial charge in [-0.15, -0.1) is 11.3 Å². The van der Waals surface area contributed by atoms with E-state index in [1.807, 2.05) is 24.4 Å². The van der Waals surface area contributed by atoms with Crippen molar-refractivity contribution in [3.8, 4) is 0 Å². The van der Waals surface area contributed by atoms with E-state index in [9.17, 15) is 13.2 Å². The highest BCUT2D eigenvalue weighted by Gasteiger charge is 2.26. The van der Waals surface area contributed by atoms with Crippen molar-refractivity contribution in [3.63, 3.8) is 0 Å². The Balaban J connectivity index is 1.84. The lowest BCUT2D eigenvalue weighted by Gasteiger charge is -2.23. The largest absolute Gasteiger partial charge is 0.349 e. The molecule has 2 unspecified atom stereocenters. The number of sulfone groups is 1. The summed E-state index contributed by atoms with van der Waals surface area (Å²) in [5, 5.41) is 7.94. The van der Waals surface area contributed by atoms with Crippen molar-refractivity contribution in [2.24, 2.45) is 0 Å². The Morgan fingerprint density at radius 2 is 2.42 bits per heavy atom. The minimum atomic E-state index is -2.99. The number of rotatable bonds is 4. The molecule has 7 heteroatoms. The van der Waals surface area contributed by atoms with Gasteiger partial charge in [0, 0.05) is 23.9 Å². The van der Waals surface area contributed by atoms with Gasteiger partial charge in [-0.1, -0.05) is 6.07 Å². The van der Waals surface area contributed by atoms with Crippen LogP contribution in [0.15, 0.2) is 17.5 Å². The molecule has 106 valence electrons. The maximum absolute atomic E-state index is 11.9. The van der Waals surface area contributed by atoms with E-state index in [1.54, 1.807) is 11.3 Å². The summed E-state index contributed by atoms with van der Waals surface area (Å²) >= 11 is 1.59. The zero-order valence-corrected chi connectivity index (χ0v) is 12.4. The van der Waals surface area contributed by atoms with Gasteiger partial charge in [-0.05, 0) is 18.4 Å². The van der Waals surface area contributed by atoms with Crippen LogP contribution in [-0.4, -0.2) is 38.4 Å². The number of carbonyl (C=O) groups excluding carboxylic acids is 1. The second-order valence-electron chi connectivity index (χ2n) is 4.77. The fourth-order valence-electron chi connectivity index (χ4n) is 2.13. The number of thiophene rings is 1. The molecule has 5 nitrogen and oxygen atoms in total. The standard InChI is InChI=1S/C12H18N2O3S2/c1-9(11-3-2-5-18-11)14-12(15)7-10-8-19(16,17)6-4-13-10/h2-3,5,9-10,13H,4,6-8H2,1H3,(H,14,15). The van der Waals surface area contributed by atoms with Gasteiger partial charge in [0.1, 0.15) is 0 Å². The van der Waals surface area contributed by atoms with Crippen LogP contribution < -0.4 is 10.6 Å². The number of hydrogen-bond acceptors (Lipinski definition) is 5. The third kappa shape index (κ3) is 4.29. The van der Waals surface area contributed by atoms with Crippen LogP contribution in [0.2, 0.25) is 0 Å². The molecule has 0 spiro atoms. The highest BCUT2D eigenvalue weighted by atomic mass is 32.2. The molecule has 2 atom stereocenters. The first-order valence-electron chi connectivity index (χ1n) is 6.23. The Labute approximate surface area is 117 Å². The average Bonchev–Trinajstić information content (AvgIpc) is 2.80. The van der Waals surface area contributed by atoms with E-state index in [0.29, 0.717) is 6.54 Å². The summed E-state index contributed by atoms with van der Waals surface area (Å²) in [6.07, 6.45) is 0.203. The van der Waals surface area contributed by atoms with Crippen molar-refractivity contribution in [1.82, 2.24) is 10.6 Å². The smallest absolute Gasteiger partial charge is 0.222 e. The van der Waals surface area contributed by atoms with Gasteiger partial charge in [0.2, 0.25) is 5.91 Å². The predicted octanol–water partition coefficient (Wildman–Crippen LogP) is 0.702. The third-order valence-electron chi connectivity index (χ3n) is 3.08. The van der Waals surface area contributed by atoms with Crippen LogP contribution in [0.25, 0.3) is 0 Å². The Morgan fingerprint density at radius 1 is 1.63 bits per heavy atom. The Bertz CT molecular complexity index is 525. The van der Waals surface area contributed by atoms with Crippen molar-refractivity contribution in [1.29, 1.82) is 0 Å². The van der Waals surface area contributed by atoms with Crippen LogP contribution >= 0.6 is 11.3 Å². The molecule has 1 aliphatic rings. The second-order valence-corrected chi connectivity index (χ2v) is 7.98. The molecule has 2 heterocycles. The lowest BCUT2D eigenvalue weighted by molar-refractivity contribution is -0.122. The molecule has 0 saturated carbocycles. The molecule has 1 aliphatic heterocycles. The molecule has 1 fully saturated rings. The molecule has 0 aromatic carbocycles. The quantitative estimate of drug-likeness (QED) is 0.858. The molecular formula is C12H18N2O3S2. The van der Waals surface area contributed by atoms with Crippen molar-refractivity contribution < 1.29 is 13.2 Å². The van der Waals surface area contributed by atoms with E-state index in [2.05, 4.69) is 10.6 Å². The zero-order chi connectivity index (χ0) is 13.9. The number of amides is 1. The lowest BCUT2D eigenvalue weighted by Crippen LogP contribution is -2.47. The minimum Gasteiger partial charge on any atom is -0.349 e. The second kappa shape index (κ2) is 6.02. The van der Waals surface area contributed by atoms with Gasteiger partial charge in [0.05, 0.1) is 17.5 Å². The van der Waals surface area contributed by atoms with Gasteiger partial charge in [-0.3, -0.25) is 4.79 Å². The summed E-state index contributed by atoms with van der Waals surface area (Å²) in [6, 6.07) is 3.61. The van der Waals surface area contributed by atoms with Gasteiger partial charge in [0.25, 0.3) is 0 Å². The minimum absolute atomic E-state index is 0.0345. The van der Waals surface area contributed by atoms with Gasteiger partial charge in [-0.2, -0.15) is 0 Å². The summed E-state index contributed by atoms with van der Waals surface area (Å²) < 4.78 is 23.0. The van der Waals surface area contributed by atoms with E-state index in [1.165, 1.54) is 0 Å². The monoisotopic (exact) mass is 302 g/mol. The summed E-state index contributed by atoms with van der Waals surface area (Å²) in [4.78, 5) is 13.0. The molecule has 0 radical (unpaired) electrons. The molecule has 1 saturated heterocycles. The number of carbonyl (C=O) groups is 1. The molecule has 2 N–H and O–H groups in total. The molecule has 0 bridgehead atoms. The van der Waals surface area contributed by atoms with E-state index in [-0.39, 0.29) is 35.9 Å². The normalized spacial score (nSPS) is 23.7.